The lowest BCUT2D eigenvalue weighted by atomic mass is 9.90. The van der Waals surface area contributed by atoms with Crippen LogP contribution in [0.4, 0.5) is 0 Å². The summed E-state index contributed by atoms with van der Waals surface area (Å²) in [6, 6.07) is 91.0. The van der Waals surface area contributed by atoms with Gasteiger partial charge in [0.2, 0.25) is 0 Å². The first-order chi connectivity index (χ1) is 32.7. The first-order valence-electron chi connectivity index (χ1n) is 22.4. The molecule has 310 valence electrons. The average Bonchev–Trinajstić information content (AvgIpc) is 3.42. The SMILES string of the molecule is c1ccc(-c2cccc(-c3ccnc(-c4ccc(-c5ccccc5-c5cccc(-c6ccccc6-c6ccc(-c7cc(-c8cccc(-c9ccccc9)c8)ccn7)cc6)c5)cc4)c3)c2)cc1. The highest BCUT2D eigenvalue weighted by Gasteiger charge is 2.13. The molecule has 0 aliphatic carbocycles. The minimum absolute atomic E-state index is 0.949. The van der Waals surface area contributed by atoms with Crippen LogP contribution < -0.4 is 0 Å². The molecule has 0 saturated carbocycles. The van der Waals surface area contributed by atoms with E-state index >= 15 is 0 Å². The van der Waals surface area contributed by atoms with Crippen molar-refractivity contribution in [1.82, 2.24) is 9.97 Å². The van der Waals surface area contributed by atoms with Gasteiger partial charge in [0.1, 0.15) is 0 Å². The number of pyridine rings is 2. The average molecular weight is 841 g/mol. The highest BCUT2D eigenvalue weighted by Crippen LogP contribution is 2.39. The maximum Gasteiger partial charge on any atom is 0.0708 e. The molecule has 0 fully saturated rings. The number of benzene rings is 9. The van der Waals surface area contributed by atoms with Gasteiger partial charge in [-0.05, 0) is 131 Å². The van der Waals surface area contributed by atoms with Gasteiger partial charge in [0, 0.05) is 23.5 Å². The molecular weight excluding hydrogens is 797 g/mol. The van der Waals surface area contributed by atoms with Gasteiger partial charge in [0.05, 0.1) is 11.4 Å². The molecule has 0 bridgehead atoms. The molecule has 9 aromatic carbocycles. The lowest BCUT2D eigenvalue weighted by Crippen LogP contribution is -1.90. The molecule has 0 saturated heterocycles. The smallest absolute Gasteiger partial charge is 0.0708 e. The molecule has 2 heterocycles. The van der Waals surface area contributed by atoms with E-state index in [0.29, 0.717) is 0 Å². The normalized spacial score (nSPS) is 11.0. The maximum absolute atomic E-state index is 4.79. The minimum atomic E-state index is 0.949. The van der Waals surface area contributed by atoms with Gasteiger partial charge in [-0.15, -0.1) is 0 Å². The van der Waals surface area contributed by atoms with Gasteiger partial charge in [0.25, 0.3) is 0 Å². The summed E-state index contributed by atoms with van der Waals surface area (Å²) in [6.45, 7) is 0. The molecule has 0 spiro atoms. The van der Waals surface area contributed by atoms with Gasteiger partial charge in [0.15, 0.2) is 0 Å². The van der Waals surface area contributed by atoms with Crippen LogP contribution >= 0.6 is 0 Å². The quantitative estimate of drug-likeness (QED) is 0.137. The third kappa shape index (κ3) is 8.40. The van der Waals surface area contributed by atoms with Crippen LogP contribution in [0.15, 0.2) is 267 Å². The summed E-state index contributed by atoms with van der Waals surface area (Å²) in [6.07, 6.45) is 3.82. The van der Waals surface area contributed by atoms with E-state index < -0.39 is 0 Å². The number of rotatable bonds is 10. The van der Waals surface area contributed by atoms with Gasteiger partial charge in [-0.1, -0.05) is 212 Å². The van der Waals surface area contributed by atoms with E-state index in [1.807, 2.05) is 12.4 Å². The Morgan fingerprint density at radius 3 is 0.833 bits per heavy atom. The fourth-order valence-corrected chi connectivity index (χ4v) is 9.02. The zero-order valence-electron chi connectivity index (χ0n) is 36.3. The van der Waals surface area contributed by atoms with Crippen molar-refractivity contribution in [2.24, 2.45) is 0 Å². The van der Waals surface area contributed by atoms with Crippen LogP contribution in [-0.4, -0.2) is 9.97 Å². The van der Waals surface area contributed by atoms with Gasteiger partial charge in [-0.2, -0.15) is 0 Å². The molecule has 2 heteroatoms. The maximum atomic E-state index is 4.79. The Morgan fingerprint density at radius 1 is 0.167 bits per heavy atom. The molecule has 11 rings (SSSR count). The van der Waals surface area contributed by atoms with Crippen molar-refractivity contribution in [3.05, 3.63) is 267 Å². The Bertz CT molecular complexity index is 3220. The third-order valence-corrected chi connectivity index (χ3v) is 12.4. The monoisotopic (exact) mass is 840 g/mol. The van der Waals surface area contributed by atoms with Gasteiger partial charge < -0.3 is 0 Å². The fourth-order valence-electron chi connectivity index (χ4n) is 9.02. The topological polar surface area (TPSA) is 25.8 Å². The number of hydrogen-bond donors (Lipinski definition) is 0. The molecule has 0 aliphatic rings. The van der Waals surface area contributed by atoms with Crippen LogP contribution in [0.5, 0.6) is 0 Å². The summed E-state index contributed by atoms with van der Waals surface area (Å²) in [5.74, 6) is 0. The molecule has 2 aromatic heterocycles. The van der Waals surface area contributed by atoms with Crippen LogP contribution in [-0.2, 0) is 0 Å². The summed E-state index contributed by atoms with van der Waals surface area (Å²) in [7, 11) is 0. The Labute approximate surface area is 386 Å². The molecule has 2 nitrogen and oxygen atoms in total. The Morgan fingerprint density at radius 2 is 0.439 bits per heavy atom. The van der Waals surface area contributed by atoms with E-state index in [0.717, 1.165) is 44.8 Å². The second kappa shape index (κ2) is 18.2. The number of nitrogens with zero attached hydrogens (tertiary/aromatic N) is 2. The zero-order valence-corrected chi connectivity index (χ0v) is 36.3. The molecule has 0 unspecified atom stereocenters. The largest absolute Gasteiger partial charge is 0.256 e. The van der Waals surface area contributed by atoms with Crippen molar-refractivity contribution >= 4 is 0 Å². The predicted molar refractivity (Wildman–Crippen MR) is 276 cm³/mol. The Hall–Kier alpha value is -8.72. The highest BCUT2D eigenvalue weighted by molar-refractivity contribution is 5.90. The summed E-state index contributed by atoms with van der Waals surface area (Å²) in [4.78, 5) is 9.58. The Balaban J connectivity index is 0.844. The van der Waals surface area contributed by atoms with Crippen LogP contribution in [0.2, 0.25) is 0 Å². The standard InChI is InChI=1S/C64H44N2/c1-3-14-45(15-4-1)51-18-11-20-53(40-51)55-36-38-65-63(43-55)49-32-28-47(29-33-49)59-24-7-9-26-61(59)57-22-13-23-58(42-57)62-27-10-8-25-60(62)48-30-34-50(35-31-48)64-44-56(37-39-66-64)54-21-12-19-52(41-54)46-16-5-2-6-17-46/h1-44H. The van der Waals surface area contributed by atoms with E-state index in [1.165, 1.54) is 66.8 Å². The molecule has 0 atom stereocenters. The van der Waals surface area contributed by atoms with Crippen LogP contribution in [0, 0.1) is 0 Å². The molecule has 0 aliphatic heterocycles. The van der Waals surface area contributed by atoms with Gasteiger partial charge >= 0.3 is 0 Å². The van der Waals surface area contributed by atoms with Crippen LogP contribution in [0.3, 0.4) is 0 Å². The second-order valence-corrected chi connectivity index (χ2v) is 16.6. The predicted octanol–water partition coefficient (Wildman–Crippen LogP) is 17.1. The molecule has 0 amide bonds. The third-order valence-electron chi connectivity index (χ3n) is 12.4. The van der Waals surface area contributed by atoms with Crippen molar-refractivity contribution in [3.8, 4) is 112 Å². The van der Waals surface area contributed by atoms with E-state index in [1.54, 1.807) is 0 Å². The molecule has 0 N–H and O–H groups in total. The van der Waals surface area contributed by atoms with E-state index in [4.69, 9.17) is 9.97 Å². The highest BCUT2D eigenvalue weighted by atomic mass is 14.7. The molecular formula is C64H44N2. The first kappa shape index (κ1) is 40.1. The lowest BCUT2D eigenvalue weighted by molar-refractivity contribution is 1.33. The van der Waals surface area contributed by atoms with Crippen LogP contribution in [0.1, 0.15) is 0 Å². The lowest BCUT2D eigenvalue weighted by Gasteiger charge is -2.14. The summed E-state index contributed by atoms with van der Waals surface area (Å²) < 4.78 is 0. The van der Waals surface area contributed by atoms with E-state index in [-0.39, 0.29) is 0 Å². The van der Waals surface area contributed by atoms with E-state index in [9.17, 15) is 0 Å². The zero-order chi connectivity index (χ0) is 44.1. The summed E-state index contributed by atoms with van der Waals surface area (Å²) >= 11 is 0. The molecule has 11 aromatic rings. The second-order valence-electron chi connectivity index (χ2n) is 16.6. The van der Waals surface area contributed by atoms with Crippen molar-refractivity contribution < 1.29 is 0 Å². The van der Waals surface area contributed by atoms with Gasteiger partial charge in [-0.25, -0.2) is 0 Å². The first-order valence-corrected chi connectivity index (χ1v) is 22.4. The minimum Gasteiger partial charge on any atom is -0.256 e. The number of hydrogen-bond acceptors (Lipinski definition) is 2. The summed E-state index contributed by atoms with van der Waals surface area (Å²) in [5, 5.41) is 0. The molecule has 0 radical (unpaired) electrons. The van der Waals surface area contributed by atoms with E-state index in [2.05, 4.69) is 255 Å². The number of aromatic nitrogens is 2. The fraction of sp³-hybridized carbons (Fsp3) is 0. The Kier molecular flexibility index (Phi) is 11.0. The summed E-state index contributed by atoms with van der Waals surface area (Å²) in [5.41, 5.74) is 22.9. The molecule has 66 heavy (non-hydrogen) atoms. The van der Waals surface area contributed by atoms with Crippen LogP contribution in [0.25, 0.3) is 112 Å². The van der Waals surface area contributed by atoms with Crippen molar-refractivity contribution in [1.29, 1.82) is 0 Å². The van der Waals surface area contributed by atoms with Crippen molar-refractivity contribution in [2.45, 2.75) is 0 Å². The van der Waals surface area contributed by atoms with Crippen molar-refractivity contribution in [3.63, 3.8) is 0 Å². The van der Waals surface area contributed by atoms with Gasteiger partial charge in [-0.3, -0.25) is 9.97 Å². The van der Waals surface area contributed by atoms with Crippen molar-refractivity contribution in [2.75, 3.05) is 0 Å².